The first-order valence-electron chi connectivity index (χ1n) is 13.1. The van der Waals surface area contributed by atoms with Crippen LogP contribution in [0.5, 0.6) is 11.5 Å². The number of fused-ring (bicyclic) bond motifs is 2. The molecule has 0 bridgehead atoms. The van der Waals surface area contributed by atoms with Crippen LogP contribution in [0.1, 0.15) is 93.9 Å². The summed E-state index contributed by atoms with van der Waals surface area (Å²) in [5, 5.41) is 9.61. The van der Waals surface area contributed by atoms with Crippen LogP contribution in [0.2, 0.25) is 0 Å². The van der Waals surface area contributed by atoms with Crippen LogP contribution in [0, 0.1) is 11.3 Å². The zero-order valence-corrected chi connectivity index (χ0v) is 20.9. The van der Waals surface area contributed by atoms with E-state index in [-0.39, 0.29) is 16.7 Å². The fourth-order valence-corrected chi connectivity index (χ4v) is 6.63. The molecule has 0 aliphatic heterocycles. The normalized spacial score (nSPS) is 26.8. The molecule has 4 nitrogen and oxygen atoms in total. The van der Waals surface area contributed by atoms with Gasteiger partial charge in [0.25, 0.3) is 0 Å². The molecule has 2 saturated carbocycles. The standard InChI is InChI=1S/C30H38O4/c1-4-15-33-27-12-9-20(16-23(27)24-8-6-13-29(24,2)3)19-34-22-11-10-21-7-5-14-30(25(21)17-22)18-26(30)28(31)32/h9-12,16-17,24,26H,4-8,13-15,18-19H2,1-3H3,(H,31,32)/t24-,26-,30-/m0/s1. The molecule has 0 unspecified atom stereocenters. The molecule has 2 fully saturated rings. The quantitative estimate of drug-likeness (QED) is 0.458. The summed E-state index contributed by atoms with van der Waals surface area (Å²) in [6.45, 7) is 8.14. The van der Waals surface area contributed by atoms with Gasteiger partial charge >= 0.3 is 5.97 Å². The number of carboxylic acids is 1. The Balaban J connectivity index is 1.36. The molecule has 0 amide bonds. The van der Waals surface area contributed by atoms with Crippen molar-refractivity contribution < 1.29 is 19.4 Å². The van der Waals surface area contributed by atoms with Crippen molar-refractivity contribution in [3.63, 3.8) is 0 Å². The largest absolute Gasteiger partial charge is 0.493 e. The molecule has 3 aliphatic carbocycles. The zero-order chi connectivity index (χ0) is 23.9. The van der Waals surface area contributed by atoms with E-state index in [9.17, 15) is 9.90 Å². The molecule has 0 saturated heterocycles. The van der Waals surface area contributed by atoms with Crippen molar-refractivity contribution in [2.75, 3.05) is 6.61 Å². The maximum atomic E-state index is 11.7. The first-order valence-corrected chi connectivity index (χ1v) is 13.1. The van der Waals surface area contributed by atoms with Crippen LogP contribution in [-0.4, -0.2) is 17.7 Å². The van der Waals surface area contributed by atoms with Gasteiger partial charge in [-0.25, -0.2) is 0 Å². The van der Waals surface area contributed by atoms with E-state index in [1.807, 2.05) is 0 Å². The summed E-state index contributed by atoms with van der Waals surface area (Å²) < 4.78 is 12.4. The highest BCUT2D eigenvalue weighted by molar-refractivity contribution is 5.78. The molecule has 2 aromatic rings. The average Bonchev–Trinajstić information content (AvgIpc) is 3.43. The molecule has 1 N–H and O–H groups in total. The molecule has 5 rings (SSSR count). The lowest BCUT2D eigenvalue weighted by Crippen LogP contribution is -2.21. The van der Waals surface area contributed by atoms with E-state index in [0.717, 1.165) is 55.8 Å². The minimum atomic E-state index is -0.660. The maximum absolute atomic E-state index is 11.7. The fraction of sp³-hybridized carbons (Fsp3) is 0.567. The number of hydrogen-bond donors (Lipinski definition) is 1. The first-order chi connectivity index (χ1) is 16.3. The number of aliphatic carboxylic acids is 1. The van der Waals surface area contributed by atoms with Crippen molar-refractivity contribution in [3.05, 3.63) is 58.7 Å². The lowest BCUT2D eigenvalue weighted by Gasteiger charge is -2.29. The van der Waals surface area contributed by atoms with Crippen LogP contribution in [0.3, 0.4) is 0 Å². The van der Waals surface area contributed by atoms with Gasteiger partial charge in [0, 0.05) is 5.41 Å². The van der Waals surface area contributed by atoms with Gasteiger partial charge in [0.2, 0.25) is 0 Å². The third-order valence-corrected chi connectivity index (χ3v) is 8.63. The monoisotopic (exact) mass is 462 g/mol. The van der Waals surface area contributed by atoms with Crippen LogP contribution < -0.4 is 9.47 Å². The molecular formula is C30H38O4. The molecule has 3 atom stereocenters. The van der Waals surface area contributed by atoms with Crippen LogP contribution in [-0.2, 0) is 23.2 Å². The van der Waals surface area contributed by atoms with Gasteiger partial charge in [-0.2, -0.15) is 0 Å². The molecule has 4 heteroatoms. The number of ether oxygens (including phenoxy) is 2. The van der Waals surface area contributed by atoms with Crippen molar-refractivity contribution in [2.24, 2.45) is 11.3 Å². The van der Waals surface area contributed by atoms with Gasteiger partial charge in [-0.3, -0.25) is 4.79 Å². The molecule has 2 aromatic carbocycles. The molecule has 34 heavy (non-hydrogen) atoms. The first kappa shape index (κ1) is 23.3. The third kappa shape index (κ3) is 4.21. The number of aryl methyl sites for hydroxylation is 1. The Labute approximate surface area is 203 Å². The number of hydrogen-bond acceptors (Lipinski definition) is 3. The predicted molar refractivity (Wildman–Crippen MR) is 134 cm³/mol. The highest BCUT2D eigenvalue weighted by atomic mass is 16.5. The molecule has 0 radical (unpaired) electrons. The SMILES string of the molecule is CCCOc1ccc(COc2ccc3c(c2)[C@]2(CCC3)C[C@H]2C(=O)O)cc1[C@@H]1CCCC1(C)C. The summed E-state index contributed by atoms with van der Waals surface area (Å²) in [6, 6.07) is 12.9. The van der Waals surface area contributed by atoms with Gasteiger partial charge in [-0.15, -0.1) is 0 Å². The smallest absolute Gasteiger partial charge is 0.307 e. The van der Waals surface area contributed by atoms with E-state index in [0.29, 0.717) is 12.5 Å². The third-order valence-electron chi connectivity index (χ3n) is 8.63. The van der Waals surface area contributed by atoms with E-state index in [4.69, 9.17) is 9.47 Å². The van der Waals surface area contributed by atoms with Crippen molar-refractivity contribution >= 4 is 5.97 Å². The predicted octanol–water partition coefficient (Wildman–Crippen LogP) is 7.03. The number of rotatable bonds is 8. The molecule has 0 aromatic heterocycles. The Kier molecular flexibility index (Phi) is 6.12. The molecule has 0 heterocycles. The van der Waals surface area contributed by atoms with Crippen LogP contribution in [0.15, 0.2) is 36.4 Å². The van der Waals surface area contributed by atoms with E-state index in [1.54, 1.807) is 0 Å². The van der Waals surface area contributed by atoms with Crippen molar-refractivity contribution in [3.8, 4) is 11.5 Å². The Bertz CT molecular complexity index is 1070. The van der Waals surface area contributed by atoms with Gasteiger partial charge in [-0.1, -0.05) is 39.3 Å². The maximum Gasteiger partial charge on any atom is 0.307 e. The van der Waals surface area contributed by atoms with Gasteiger partial charge in [0.1, 0.15) is 18.1 Å². The van der Waals surface area contributed by atoms with Gasteiger partial charge in [-0.05, 0) is 103 Å². The second-order valence-corrected chi connectivity index (χ2v) is 11.4. The lowest BCUT2D eigenvalue weighted by molar-refractivity contribution is -0.139. The average molecular weight is 463 g/mol. The van der Waals surface area contributed by atoms with Crippen LogP contribution in [0.25, 0.3) is 0 Å². The minimum absolute atomic E-state index is 0.168. The summed E-state index contributed by atoms with van der Waals surface area (Å²) >= 11 is 0. The molecule has 3 aliphatic rings. The van der Waals surface area contributed by atoms with E-state index in [2.05, 4.69) is 57.2 Å². The number of carboxylic acid groups (broad SMARTS) is 1. The van der Waals surface area contributed by atoms with Gasteiger partial charge in [0.15, 0.2) is 0 Å². The summed E-state index contributed by atoms with van der Waals surface area (Å²) in [4.78, 5) is 11.7. The Morgan fingerprint density at radius 3 is 2.65 bits per heavy atom. The summed E-state index contributed by atoms with van der Waals surface area (Å²) in [6.07, 6.45) is 8.56. The number of carbonyl (C=O) groups is 1. The second kappa shape index (κ2) is 8.94. The van der Waals surface area contributed by atoms with Crippen molar-refractivity contribution in [2.45, 2.75) is 90.1 Å². The summed E-state index contributed by atoms with van der Waals surface area (Å²) in [7, 11) is 0. The Hall–Kier alpha value is -2.49. The molecular weight excluding hydrogens is 424 g/mol. The van der Waals surface area contributed by atoms with Gasteiger partial charge in [0.05, 0.1) is 12.5 Å². The van der Waals surface area contributed by atoms with Crippen LogP contribution in [0.4, 0.5) is 0 Å². The van der Waals surface area contributed by atoms with Crippen molar-refractivity contribution in [1.29, 1.82) is 0 Å². The molecule has 182 valence electrons. The van der Waals surface area contributed by atoms with E-state index >= 15 is 0 Å². The Morgan fingerprint density at radius 1 is 1.09 bits per heavy atom. The Morgan fingerprint density at radius 2 is 1.94 bits per heavy atom. The molecule has 1 spiro atoms. The number of benzene rings is 2. The fourth-order valence-electron chi connectivity index (χ4n) is 6.63. The van der Waals surface area contributed by atoms with Crippen LogP contribution >= 0.6 is 0 Å². The van der Waals surface area contributed by atoms with E-state index < -0.39 is 5.97 Å². The lowest BCUT2D eigenvalue weighted by atomic mass is 9.77. The second-order valence-electron chi connectivity index (χ2n) is 11.4. The van der Waals surface area contributed by atoms with E-state index in [1.165, 1.54) is 36.0 Å². The highest BCUT2D eigenvalue weighted by Gasteiger charge is 2.60. The minimum Gasteiger partial charge on any atom is -0.493 e. The topological polar surface area (TPSA) is 55.8 Å². The van der Waals surface area contributed by atoms with Gasteiger partial charge < -0.3 is 14.6 Å². The highest BCUT2D eigenvalue weighted by Crippen LogP contribution is 2.60. The zero-order valence-electron chi connectivity index (χ0n) is 20.9. The summed E-state index contributed by atoms with van der Waals surface area (Å²) in [5.74, 6) is 1.47. The van der Waals surface area contributed by atoms with Crippen molar-refractivity contribution in [1.82, 2.24) is 0 Å². The summed E-state index contributed by atoms with van der Waals surface area (Å²) in [5.41, 5.74) is 5.10.